The fourth-order valence-corrected chi connectivity index (χ4v) is 3.28. The van der Waals surface area contributed by atoms with E-state index in [1.54, 1.807) is 17.8 Å². The molecule has 0 aliphatic rings. The number of rotatable bonds is 6. The number of halogens is 2. The first-order valence-corrected chi connectivity index (χ1v) is 9.65. The number of aryl methyl sites for hydroxylation is 1. The van der Waals surface area contributed by atoms with Crippen molar-refractivity contribution >= 4 is 28.5 Å². The molecule has 0 bridgehead atoms. The number of benzene rings is 1. The first kappa shape index (κ1) is 19.3. The third-order valence-corrected chi connectivity index (χ3v) is 4.92. The lowest BCUT2D eigenvalue weighted by Crippen LogP contribution is -2.04. The topological polar surface area (TPSA) is 52.3 Å². The Bertz CT molecular complexity index is 1000. The SMILES string of the molecule is CCON=C(C)c1ccc(SC)c(-c2nc3cc(C(F)F)ccc3n2C)n1. The van der Waals surface area contributed by atoms with Gasteiger partial charge in [0.2, 0.25) is 0 Å². The van der Waals surface area contributed by atoms with Crippen LogP contribution in [0.2, 0.25) is 0 Å². The standard InChI is InChI=1S/C19H20F2N4OS/c1-5-26-24-11(2)13-7-9-16(27-4)17(22-13)19-23-14-10-12(18(20)21)6-8-15(14)25(19)3/h6-10,18H,5H2,1-4H3. The number of aromatic nitrogens is 3. The van der Waals surface area contributed by atoms with Crippen LogP contribution >= 0.6 is 11.8 Å². The highest BCUT2D eigenvalue weighted by Crippen LogP contribution is 2.31. The molecular formula is C19H20F2N4OS. The Morgan fingerprint density at radius 2 is 2.04 bits per heavy atom. The lowest BCUT2D eigenvalue weighted by Gasteiger charge is -2.09. The lowest BCUT2D eigenvalue weighted by molar-refractivity contribution is 0.151. The first-order valence-electron chi connectivity index (χ1n) is 8.43. The highest BCUT2D eigenvalue weighted by Gasteiger charge is 2.18. The minimum absolute atomic E-state index is 0.0429. The molecule has 0 amide bonds. The largest absolute Gasteiger partial charge is 0.396 e. The van der Waals surface area contributed by atoms with Gasteiger partial charge in [-0.2, -0.15) is 0 Å². The number of fused-ring (bicyclic) bond motifs is 1. The number of pyridine rings is 1. The zero-order valence-corrected chi connectivity index (χ0v) is 16.3. The number of thioether (sulfide) groups is 1. The van der Waals surface area contributed by atoms with E-state index in [1.165, 1.54) is 12.1 Å². The Balaban J connectivity index is 2.15. The summed E-state index contributed by atoms with van der Waals surface area (Å²) in [5.41, 5.74) is 3.26. The molecule has 0 saturated carbocycles. The first-order chi connectivity index (χ1) is 13.0. The van der Waals surface area contributed by atoms with Crippen molar-refractivity contribution in [3.63, 3.8) is 0 Å². The van der Waals surface area contributed by atoms with Crippen LogP contribution in [0.25, 0.3) is 22.6 Å². The Labute approximate surface area is 160 Å². The van der Waals surface area contributed by atoms with Gasteiger partial charge in [-0.05, 0) is 44.4 Å². The van der Waals surface area contributed by atoms with Gasteiger partial charge in [0.05, 0.1) is 16.7 Å². The maximum absolute atomic E-state index is 13.0. The Kier molecular flexibility index (Phi) is 5.74. The summed E-state index contributed by atoms with van der Waals surface area (Å²) < 4.78 is 27.9. The highest BCUT2D eigenvalue weighted by atomic mass is 32.2. The van der Waals surface area contributed by atoms with E-state index in [1.807, 2.05) is 43.9 Å². The molecule has 5 nitrogen and oxygen atoms in total. The van der Waals surface area contributed by atoms with Crippen LogP contribution in [0.5, 0.6) is 0 Å². The van der Waals surface area contributed by atoms with E-state index in [0.717, 1.165) is 10.4 Å². The van der Waals surface area contributed by atoms with Gasteiger partial charge >= 0.3 is 0 Å². The maximum Gasteiger partial charge on any atom is 0.263 e. The average molecular weight is 390 g/mol. The summed E-state index contributed by atoms with van der Waals surface area (Å²) >= 11 is 1.55. The number of oxime groups is 1. The molecule has 27 heavy (non-hydrogen) atoms. The number of imidazole rings is 1. The monoisotopic (exact) mass is 390 g/mol. The predicted octanol–water partition coefficient (Wildman–Crippen LogP) is 5.06. The Hall–Kier alpha value is -2.48. The van der Waals surface area contributed by atoms with Crippen molar-refractivity contribution < 1.29 is 13.6 Å². The molecule has 0 N–H and O–H groups in total. The summed E-state index contributed by atoms with van der Waals surface area (Å²) in [6, 6.07) is 8.35. The van der Waals surface area contributed by atoms with Gasteiger partial charge in [-0.3, -0.25) is 0 Å². The molecule has 0 aliphatic heterocycles. The normalized spacial score (nSPS) is 12.2. The molecule has 2 heterocycles. The van der Waals surface area contributed by atoms with Crippen molar-refractivity contribution in [3.8, 4) is 11.5 Å². The van der Waals surface area contributed by atoms with Crippen molar-refractivity contribution in [1.29, 1.82) is 0 Å². The summed E-state index contributed by atoms with van der Waals surface area (Å²) in [7, 11) is 1.85. The van der Waals surface area contributed by atoms with Gasteiger partial charge in [0.25, 0.3) is 6.43 Å². The van der Waals surface area contributed by atoms with Gasteiger partial charge in [0, 0.05) is 17.5 Å². The summed E-state index contributed by atoms with van der Waals surface area (Å²) in [5.74, 6) is 0.617. The van der Waals surface area contributed by atoms with E-state index < -0.39 is 6.43 Å². The summed E-state index contributed by atoms with van der Waals surface area (Å²) in [5, 5.41) is 4.04. The molecule has 0 atom stereocenters. The van der Waals surface area contributed by atoms with Crippen LogP contribution in [-0.4, -0.2) is 33.1 Å². The maximum atomic E-state index is 13.0. The molecular weight excluding hydrogens is 370 g/mol. The summed E-state index contributed by atoms with van der Waals surface area (Å²) in [4.78, 5) is 15.3. The molecule has 1 aromatic carbocycles. The lowest BCUT2D eigenvalue weighted by atomic mass is 10.2. The van der Waals surface area contributed by atoms with Gasteiger partial charge < -0.3 is 9.40 Å². The second-order valence-corrected chi connectivity index (χ2v) is 6.73. The Morgan fingerprint density at radius 3 is 2.70 bits per heavy atom. The van der Waals surface area contributed by atoms with Crippen molar-refractivity contribution in [2.24, 2.45) is 12.2 Å². The van der Waals surface area contributed by atoms with Gasteiger partial charge in [0.15, 0.2) is 5.82 Å². The van der Waals surface area contributed by atoms with Crippen LogP contribution in [0.3, 0.4) is 0 Å². The zero-order valence-electron chi connectivity index (χ0n) is 15.5. The Morgan fingerprint density at radius 1 is 1.26 bits per heavy atom. The van der Waals surface area contributed by atoms with E-state index in [9.17, 15) is 8.78 Å². The smallest absolute Gasteiger partial charge is 0.263 e. The van der Waals surface area contributed by atoms with Crippen LogP contribution in [0.15, 0.2) is 40.4 Å². The summed E-state index contributed by atoms with van der Waals surface area (Å²) in [6.07, 6.45) is -0.570. The van der Waals surface area contributed by atoms with Gasteiger partial charge in [-0.25, -0.2) is 18.7 Å². The molecule has 3 rings (SSSR count). The fraction of sp³-hybridized carbons (Fsp3) is 0.316. The van der Waals surface area contributed by atoms with Crippen LogP contribution in [0.1, 0.15) is 31.5 Å². The molecule has 0 saturated heterocycles. The number of nitrogens with zero attached hydrogens (tertiary/aromatic N) is 4. The molecule has 0 fully saturated rings. The fourth-order valence-electron chi connectivity index (χ4n) is 2.75. The molecule has 0 spiro atoms. The quantitative estimate of drug-likeness (QED) is 0.336. The average Bonchev–Trinajstić information content (AvgIpc) is 3.01. The number of alkyl halides is 2. The highest BCUT2D eigenvalue weighted by molar-refractivity contribution is 7.98. The van der Waals surface area contributed by atoms with E-state index in [0.29, 0.717) is 35.0 Å². The molecule has 0 radical (unpaired) electrons. The van der Waals surface area contributed by atoms with E-state index >= 15 is 0 Å². The van der Waals surface area contributed by atoms with Crippen molar-refractivity contribution in [1.82, 2.24) is 14.5 Å². The van der Waals surface area contributed by atoms with Gasteiger partial charge in [-0.1, -0.05) is 11.2 Å². The van der Waals surface area contributed by atoms with Crippen LogP contribution in [-0.2, 0) is 11.9 Å². The van der Waals surface area contributed by atoms with Crippen LogP contribution in [0, 0.1) is 0 Å². The predicted molar refractivity (Wildman–Crippen MR) is 105 cm³/mol. The minimum atomic E-state index is -2.53. The van der Waals surface area contributed by atoms with Crippen molar-refractivity contribution in [2.75, 3.05) is 12.9 Å². The molecule has 142 valence electrons. The second-order valence-electron chi connectivity index (χ2n) is 5.89. The zero-order chi connectivity index (χ0) is 19.6. The summed E-state index contributed by atoms with van der Waals surface area (Å²) in [6.45, 7) is 4.16. The van der Waals surface area contributed by atoms with Crippen molar-refractivity contribution in [2.45, 2.75) is 25.2 Å². The van der Waals surface area contributed by atoms with Crippen molar-refractivity contribution in [3.05, 3.63) is 41.6 Å². The molecule has 2 aromatic heterocycles. The molecule has 8 heteroatoms. The van der Waals surface area contributed by atoms with E-state index in [2.05, 4.69) is 10.1 Å². The third kappa shape index (κ3) is 3.80. The number of hydrogen-bond donors (Lipinski definition) is 0. The van der Waals surface area contributed by atoms with Gasteiger partial charge in [-0.15, -0.1) is 11.8 Å². The second kappa shape index (κ2) is 8.04. The van der Waals surface area contributed by atoms with Crippen LogP contribution < -0.4 is 0 Å². The molecule has 0 aliphatic carbocycles. The number of hydrogen-bond acceptors (Lipinski definition) is 5. The van der Waals surface area contributed by atoms with E-state index in [-0.39, 0.29) is 5.56 Å². The van der Waals surface area contributed by atoms with Crippen LogP contribution in [0.4, 0.5) is 8.78 Å². The molecule has 0 unspecified atom stereocenters. The van der Waals surface area contributed by atoms with E-state index in [4.69, 9.17) is 9.82 Å². The minimum Gasteiger partial charge on any atom is -0.396 e. The third-order valence-electron chi connectivity index (χ3n) is 4.15. The molecule has 3 aromatic rings. The van der Waals surface area contributed by atoms with Gasteiger partial charge in [0.1, 0.15) is 18.0 Å².